The molecule has 2 aromatic rings. The lowest BCUT2D eigenvalue weighted by Gasteiger charge is -2.30. The van der Waals surface area contributed by atoms with Crippen molar-refractivity contribution in [3.63, 3.8) is 0 Å². The number of hydrogen-bond donors (Lipinski definition) is 0. The molecule has 0 atom stereocenters. The van der Waals surface area contributed by atoms with Crippen LogP contribution in [0.15, 0.2) is 30.6 Å². The lowest BCUT2D eigenvalue weighted by atomic mass is 9.94. The first kappa shape index (κ1) is 14.4. The van der Waals surface area contributed by atoms with E-state index < -0.39 is 10.0 Å². The maximum absolute atomic E-state index is 11.9. The van der Waals surface area contributed by atoms with Gasteiger partial charge in [0.1, 0.15) is 0 Å². The highest BCUT2D eigenvalue weighted by Gasteiger charge is 2.28. The fourth-order valence-corrected chi connectivity index (χ4v) is 3.95. The van der Waals surface area contributed by atoms with Gasteiger partial charge in [-0.15, -0.1) is 0 Å². The summed E-state index contributed by atoms with van der Waals surface area (Å²) < 4.78 is 25.3. The second kappa shape index (κ2) is 5.69. The normalized spacial score (nSPS) is 18.1. The van der Waals surface area contributed by atoms with Gasteiger partial charge in [-0.05, 0) is 38.0 Å². The van der Waals surface area contributed by atoms with E-state index in [9.17, 15) is 8.42 Å². The van der Waals surface area contributed by atoms with Crippen LogP contribution < -0.4 is 0 Å². The Labute approximate surface area is 125 Å². The molecule has 0 aliphatic carbocycles. The molecule has 0 aromatic carbocycles. The number of pyridine rings is 2. The standard InChI is InChI=1S/C15H19N3O2S/c1-2-21(19,20)18-8-5-12(6-9-18)14-10-15-13(11-17-14)4-3-7-16-15/h3-4,7,10-12H,2,5-6,8-9H2,1H3. The first-order chi connectivity index (χ1) is 10.1. The van der Waals surface area contributed by atoms with Crippen molar-refractivity contribution in [2.75, 3.05) is 18.8 Å². The van der Waals surface area contributed by atoms with E-state index >= 15 is 0 Å². The predicted octanol–water partition coefficient (Wildman–Crippen LogP) is 2.16. The van der Waals surface area contributed by atoms with Gasteiger partial charge in [0, 0.05) is 42.5 Å². The molecule has 1 fully saturated rings. The smallest absolute Gasteiger partial charge is 0.213 e. The molecule has 1 aliphatic heterocycles. The van der Waals surface area contributed by atoms with Crippen molar-refractivity contribution in [3.05, 3.63) is 36.3 Å². The minimum absolute atomic E-state index is 0.176. The Bertz CT molecular complexity index is 737. The van der Waals surface area contributed by atoms with Crippen LogP contribution in [0.1, 0.15) is 31.4 Å². The lowest BCUT2D eigenvalue weighted by Crippen LogP contribution is -2.38. The summed E-state index contributed by atoms with van der Waals surface area (Å²) in [6.07, 6.45) is 5.28. The van der Waals surface area contributed by atoms with Gasteiger partial charge in [0.2, 0.25) is 10.0 Å². The lowest BCUT2D eigenvalue weighted by molar-refractivity contribution is 0.317. The highest BCUT2D eigenvalue weighted by atomic mass is 32.2. The van der Waals surface area contributed by atoms with Crippen LogP contribution in [0.5, 0.6) is 0 Å². The van der Waals surface area contributed by atoms with Crippen molar-refractivity contribution in [1.29, 1.82) is 0 Å². The first-order valence-corrected chi connectivity index (χ1v) is 8.89. The van der Waals surface area contributed by atoms with E-state index in [0.29, 0.717) is 19.0 Å². The van der Waals surface area contributed by atoms with E-state index in [4.69, 9.17) is 0 Å². The van der Waals surface area contributed by atoms with Crippen molar-refractivity contribution in [2.24, 2.45) is 0 Å². The average Bonchev–Trinajstić information content (AvgIpc) is 2.54. The molecule has 0 spiro atoms. The van der Waals surface area contributed by atoms with Gasteiger partial charge in [-0.3, -0.25) is 9.97 Å². The summed E-state index contributed by atoms with van der Waals surface area (Å²) in [6.45, 7) is 2.86. The number of nitrogens with zero attached hydrogens (tertiary/aromatic N) is 3. The van der Waals surface area contributed by atoms with Gasteiger partial charge in [0.25, 0.3) is 0 Å². The van der Waals surface area contributed by atoms with Gasteiger partial charge in [-0.25, -0.2) is 12.7 Å². The highest BCUT2D eigenvalue weighted by molar-refractivity contribution is 7.89. The zero-order chi connectivity index (χ0) is 14.9. The summed E-state index contributed by atoms with van der Waals surface area (Å²) in [7, 11) is -3.06. The molecule has 0 amide bonds. The molecule has 112 valence electrons. The number of piperidine rings is 1. The van der Waals surface area contributed by atoms with E-state index in [1.165, 1.54) is 0 Å². The van der Waals surface area contributed by atoms with Crippen LogP contribution in [0.4, 0.5) is 0 Å². The van der Waals surface area contributed by atoms with Crippen LogP contribution >= 0.6 is 0 Å². The third-order valence-electron chi connectivity index (χ3n) is 4.14. The van der Waals surface area contributed by atoms with E-state index in [0.717, 1.165) is 29.4 Å². The third kappa shape index (κ3) is 2.91. The van der Waals surface area contributed by atoms with Crippen molar-refractivity contribution >= 4 is 20.9 Å². The van der Waals surface area contributed by atoms with Gasteiger partial charge in [-0.1, -0.05) is 0 Å². The van der Waals surface area contributed by atoms with E-state index in [2.05, 4.69) is 9.97 Å². The van der Waals surface area contributed by atoms with Gasteiger partial charge in [0.05, 0.1) is 11.3 Å². The van der Waals surface area contributed by atoms with Crippen LogP contribution in [0.25, 0.3) is 10.9 Å². The molecule has 0 saturated carbocycles. The Balaban J connectivity index is 1.76. The molecular weight excluding hydrogens is 286 g/mol. The number of hydrogen-bond acceptors (Lipinski definition) is 4. The van der Waals surface area contributed by atoms with Gasteiger partial charge in [-0.2, -0.15) is 0 Å². The third-order valence-corrected chi connectivity index (χ3v) is 6.02. The van der Waals surface area contributed by atoms with Crippen molar-refractivity contribution in [3.8, 4) is 0 Å². The molecule has 2 aromatic heterocycles. The van der Waals surface area contributed by atoms with Crippen LogP contribution in [0.2, 0.25) is 0 Å². The molecule has 0 bridgehead atoms. The maximum atomic E-state index is 11.9. The van der Waals surface area contributed by atoms with E-state index in [1.807, 2.05) is 24.4 Å². The van der Waals surface area contributed by atoms with Crippen LogP contribution in [0, 0.1) is 0 Å². The van der Waals surface area contributed by atoms with Crippen LogP contribution in [-0.4, -0.2) is 41.5 Å². The minimum atomic E-state index is -3.06. The average molecular weight is 305 g/mol. The van der Waals surface area contributed by atoms with E-state index in [-0.39, 0.29) is 5.75 Å². The summed E-state index contributed by atoms with van der Waals surface area (Å²) in [4.78, 5) is 8.89. The molecule has 6 heteroatoms. The Kier molecular flexibility index (Phi) is 3.91. The van der Waals surface area contributed by atoms with Crippen molar-refractivity contribution in [1.82, 2.24) is 14.3 Å². The summed E-state index contributed by atoms with van der Waals surface area (Å²) >= 11 is 0. The molecule has 21 heavy (non-hydrogen) atoms. The zero-order valence-electron chi connectivity index (χ0n) is 12.1. The molecule has 0 unspecified atom stereocenters. The summed E-state index contributed by atoms with van der Waals surface area (Å²) in [6, 6.07) is 5.93. The molecular formula is C15H19N3O2S. The first-order valence-electron chi connectivity index (χ1n) is 7.28. The fourth-order valence-electron chi connectivity index (χ4n) is 2.82. The summed E-state index contributed by atoms with van der Waals surface area (Å²) in [5, 5.41) is 1.03. The maximum Gasteiger partial charge on any atom is 0.213 e. The minimum Gasteiger partial charge on any atom is -0.260 e. The molecule has 3 rings (SSSR count). The number of sulfonamides is 1. The van der Waals surface area contributed by atoms with E-state index in [1.54, 1.807) is 17.4 Å². The molecule has 3 heterocycles. The summed E-state index contributed by atoms with van der Waals surface area (Å²) in [5.41, 5.74) is 1.97. The highest BCUT2D eigenvalue weighted by Crippen LogP contribution is 2.29. The van der Waals surface area contributed by atoms with Gasteiger partial charge in [0.15, 0.2) is 0 Å². The van der Waals surface area contributed by atoms with Crippen molar-refractivity contribution in [2.45, 2.75) is 25.7 Å². The number of rotatable bonds is 3. The number of fused-ring (bicyclic) bond motifs is 1. The van der Waals surface area contributed by atoms with Gasteiger partial charge < -0.3 is 0 Å². The second-order valence-electron chi connectivity index (χ2n) is 5.38. The van der Waals surface area contributed by atoms with Crippen LogP contribution in [0.3, 0.4) is 0 Å². The zero-order valence-corrected chi connectivity index (χ0v) is 12.9. The SMILES string of the molecule is CCS(=O)(=O)N1CCC(c2cc3ncccc3cn2)CC1. The summed E-state index contributed by atoms with van der Waals surface area (Å²) in [5.74, 6) is 0.496. The fraction of sp³-hybridized carbons (Fsp3) is 0.467. The second-order valence-corrected chi connectivity index (χ2v) is 7.64. The Morgan fingerprint density at radius 3 is 2.76 bits per heavy atom. The number of aromatic nitrogens is 2. The quantitative estimate of drug-likeness (QED) is 0.871. The Morgan fingerprint density at radius 1 is 1.29 bits per heavy atom. The van der Waals surface area contributed by atoms with Crippen LogP contribution in [-0.2, 0) is 10.0 Å². The topological polar surface area (TPSA) is 63.2 Å². The molecule has 0 N–H and O–H groups in total. The molecule has 5 nitrogen and oxygen atoms in total. The molecule has 1 saturated heterocycles. The monoisotopic (exact) mass is 305 g/mol. The molecule has 1 aliphatic rings. The predicted molar refractivity (Wildman–Crippen MR) is 82.5 cm³/mol. The van der Waals surface area contributed by atoms with Crippen molar-refractivity contribution < 1.29 is 8.42 Å². The van der Waals surface area contributed by atoms with Gasteiger partial charge >= 0.3 is 0 Å². The molecule has 0 radical (unpaired) electrons. The Morgan fingerprint density at radius 2 is 2.05 bits per heavy atom. The largest absolute Gasteiger partial charge is 0.260 e. The Hall–Kier alpha value is -1.53.